The number of rotatable bonds is 12. The topological polar surface area (TPSA) is 86.8 Å². The Morgan fingerprint density at radius 1 is 0.783 bits per heavy atom. The van der Waals surface area contributed by atoms with E-state index in [1.54, 1.807) is 54.6 Å². The highest BCUT2D eigenvalue weighted by atomic mass is 35.5. The number of carbonyl (C=O) groups excluding carboxylic acids is 2. The molecule has 240 valence electrons. The minimum atomic E-state index is -4.22. The fourth-order valence-electron chi connectivity index (χ4n) is 5.64. The standard InChI is InChI=1S/C35H34Cl3N3O4S/c36-27-12-9-15-29(22-27)41(46(44,45)30-16-5-2-6-17-30)24-34(42)40(23-26-18-19-31(37)32(38)20-26)33(21-25-10-3-1-4-11-25)35(43)39-28-13-7-8-14-28/h1-6,9-12,15-20,22,28,33H,7-8,13-14,21,23-24H2,(H,39,43). The van der Waals surface area contributed by atoms with Gasteiger partial charge in [-0.1, -0.05) is 108 Å². The van der Waals surface area contributed by atoms with Gasteiger partial charge in [0.15, 0.2) is 0 Å². The lowest BCUT2D eigenvalue weighted by molar-refractivity contribution is -0.140. The van der Waals surface area contributed by atoms with Crippen LogP contribution in [0.1, 0.15) is 36.8 Å². The molecule has 46 heavy (non-hydrogen) atoms. The summed E-state index contributed by atoms with van der Waals surface area (Å²) in [4.78, 5) is 30.1. The summed E-state index contributed by atoms with van der Waals surface area (Å²) in [6.07, 6.45) is 3.98. The first-order valence-electron chi connectivity index (χ1n) is 15.0. The van der Waals surface area contributed by atoms with Gasteiger partial charge in [-0.05, 0) is 66.4 Å². The van der Waals surface area contributed by atoms with Crippen LogP contribution in [0.15, 0.2) is 108 Å². The van der Waals surface area contributed by atoms with Crippen molar-refractivity contribution in [2.24, 2.45) is 0 Å². The van der Waals surface area contributed by atoms with Crippen LogP contribution in [-0.2, 0) is 32.6 Å². The summed E-state index contributed by atoms with van der Waals surface area (Å²) in [5.74, 6) is -0.877. The second-order valence-corrected chi connectivity index (χ2v) is 14.4. The number of carbonyl (C=O) groups is 2. The number of halogens is 3. The molecule has 1 saturated carbocycles. The predicted molar refractivity (Wildman–Crippen MR) is 184 cm³/mol. The molecule has 0 bridgehead atoms. The summed E-state index contributed by atoms with van der Waals surface area (Å²) in [6, 6.07) is 27.7. The van der Waals surface area contributed by atoms with Crippen molar-refractivity contribution in [3.63, 3.8) is 0 Å². The Morgan fingerprint density at radius 3 is 2.11 bits per heavy atom. The van der Waals surface area contributed by atoms with E-state index < -0.39 is 28.5 Å². The molecule has 0 heterocycles. The zero-order valence-electron chi connectivity index (χ0n) is 25.0. The van der Waals surface area contributed by atoms with E-state index in [0.717, 1.165) is 35.6 Å². The lowest BCUT2D eigenvalue weighted by atomic mass is 10.0. The van der Waals surface area contributed by atoms with Crippen LogP contribution in [0, 0.1) is 0 Å². The first-order valence-corrected chi connectivity index (χ1v) is 17.6. The van der Waals surface area contributed by atoms with Crippen molar-refractivity contribution in [2.45, 2.75) is 55.6 Å². The highest BCUT2D eigenvalue weighted by Crippen LogP contribution is 2.28. The zero-order chi connectivity index (χ0) is 32.7. The van der Waals surface area contributed by atoms with Crippen LogP contribution in [0.25, 0.3) is 0 Å². The van der Waals surface area contributed by atoms with Gasteiger partial charge in [0.1, 0.15) is 12.6 Å². The van der Waals surface area contributed by atoms with Gasteiger partial charge >= 0.3 is 0 Å². The van der Waals surface area contributed by atoms with Crippen LogP contribution in [0.3, 0.4) is 0 Å². The van der Waals surface area contributed by atoms with Gasteiger partial charge in [-0.3, -0.25) is 13.9 Å². The van der Waals surface area contributed by atoms with E-state index in [-0.39, 0.29) is 35.5 Å². The fourth-order valence-corrected chi connectivity index (χ4v) is 7.57. The summed E-state index contributed by atoms with van der Waals surface area (Å²) >= 11 is 18.8. The minimum Gasteiger partial charge on any atom is -0.352 e. The quantitative estimate of drug-likeness (QED) is 0.166. The number of hydrogen-bond donors (Lipinski definition) is 1. The third kappa shape index (κ3) is 8.42. The van der Waals surface area contributed by atoms with E-state index >= 15 is 0 Å². The second kappa shape index (κ2) is 15.4. The average molecular weight is 699 g/mol. The summed E-state index contributed by atoms with van der Waals surface area (Å²) in [5, 5.41) is 4.12. The van der Waals surface area contributed by atoms with Crippen molar-refractivity contribution >= 4 is 62.3 Å². The van der Waals surface area contributed by atoms with Crippen molar-refractivity contribution in [2.75, 3.05) is 10.8 Å². The SMILES string of the molecule is O=C(NC1CCCC1)C(Cc1ccccc1)N(Cc1ccc(Cl)c(Cl)c1)C(=O)CN(c1cccc(Cl)c1)S(=O)(=O)c1ccccc1. The first-order chi connectivity index (χ1) is 22.1. The van der Waals surface area contributed by atoms with Crippen LogP contribution >= 0.6 is 34.8 Å². The van der Waals surface area contributed by atoms with E-state index in [2.05, 4.69) is 5.32 Å². The third-order valence-corrected chi connectivity index (χ3v) is 10.8. The van der Waals surface area contributed by atoms with Crippen molar-refractivity contribution in [1.82, 2.24) is 10.2 Å². The molecular weight excluding hydrogens is 665 g/mol. The molecule has 7 nitrogen and oxygen atoms in total. The summed E-state index contributed by atoms with van der Waals surface area (Å²) in [5.41, 5.74) is 1.70. The molecule has 0 aliphatic heterocycles. The Labute approximate surface area is 285 Å². The molecule has 1 aliphatic rings. The average Bonchev–Trinajstić information content (AvgIpc) is 3.57. The van der Waals surface area contributed by atoms with Gasteiger partial charge in [0.2, 0.25) is 11.8 Å². The van der Waals surface area contributed by atoms with Crippen molar-refractivity contribution in [1.29, 1.82) is 0 Å². The molecule has 11 heteroatoms. The van der Waals surface area contributed by atoms with Crippen molar-refractivity contribution in [3.8, 4) is 0 Å². The van der Waals surface area contributed by atoms with Gasteiger partial charge < -0.3 is 10.2 Å². The van der Waals surface area contributed by atoms with Gasteiger partial charge in [-0.15, -0.1) is 0 Å². The van der Waals surface area contributed by atoms with Crippen molar-refractivity contribution in [3.05, 3.63) is 129 Å². The highest BCUT2D eigenvalue weighted by molar-refractivity contribution is 7.92. The Kier molecular flexibility index (Phi) is 11.3. The summed E-state index contributed by atoms with van der Waals surface area (Å²) < 4.78 is 29.2. The molecule has 2 amide bonds. The molecule has 0 radical (unpaired) electrons. The summed E-state index contributed by atoms with van der Waals surface area (Å²) in [7, 11) is -4.22. The van der Waals surface area contributed by atoms with Gasteiger partial charge in [0.05, 0.1) is 20.6 Å². The molecule has 1 atom stereocenters. The number of nitrogens with one attached hydrogen (secondary N) is 1. The third-order valence-electron chi connectivity index (χ3n) is 8.02. The van der Waals surface area contributed by atoms with Crippen LogP contribution < -0.4 is 9.62 Å². The zero-order valence-corrected chi connectivity index (χ0v) is 28.1. The molecule has 1 N–H and O–H groups in total. The van der Waals surface area contributed by atoms with E-state index in [4.69, 9.17) is 34.8 Å². The van der Waals surface area contributed by atoms with Gasteiger partial charge in [-0.2, -0.15) is 0 Å². The van der Waals surface area contributed by atoms with Gasteiger partial charge in [-0.25, -0.2) is 8.42 Å². The molecule has 0 spiro atoms. The second-order valence-electron chi connectivity index (χ2n) is 11.3. The van der Waals surface area contributed by atoms with Crippen LogP contribution in [-0.4, -0.2) is 43.8 Å². The Morgan fingerprint density at radius 2 is 1.46 bits per heavy atom. The molecule has 0 saturated heterocycles. The smallest absolute Gasteiger partial charge is 0.264 e. The van der Waals surface area contributed by atoms with Crippen LogP contribution in [0.5, 0.6) is 0 Å². The van der Waals surface area contributed by atoms with Crippen molar-refractivity contribution < 1.29 is 18.0 Å². The molecule has 1 fully saturated rings. The summed E-state index contributed by atoms with van der Waals surface area (Å²) in [6.45, 7) is -0.596. The lowest BCUT2D eigenvalue weighted by Crippen LogP contribution is -2.54. The van der Waals surface area contributed by atoms with Gasteiger partial charge in [0.25, 0.3) is 10.0 Å². The molecular formula is C35H34Cl3N3O4S. The number of anilines is 1. The Bertz CT molecular complexity index is 1770. The predicted octanol–water partition coefficient (Wildman–Crippen LogP) is 7.54. The number of nitrogens with zero attached hydrogens (tertiary/aromatic N) is 2. The van der Waals surface area contributed by atoms with Crippen LogP contribution in [0.4, 0.5) is 5.69 Å². The highest BCUT2D eigenvalue weighted by Gasteiger charge is 2.35. The Balaban J connectivity index is 1.57. The monoisotopic (exact) mass is 697 g/mol. The molecule has 4 aromatic carbocycles. The van der Waals surface area contributed by atoms with E-state index in [1.807, 2.05) is 30.3 Å². The fraction of sp³-hybridized carbons (Fsp3) is 0.257. The van der Waals surface area contributed by atoms with E-state index in [9.17, 15) is 18.0 Å². The normalized spacial score (nSPS) is 14.1. The molecule has 1 aliphatic carbocycles. The maximum atomic E-state index is 14.6. The van der Waals surface area contributed by atoms with Crippen LogP contribution in [0.2, 0.25) is 15.1 Å². The Hall–Kier alpha value is -3.56. The van der Waals surface area contributed by atoms with E-state index in [1.165, 1.54) is 23.1 Å². The number of sulfonamides is 1. The molecule has 0 aromatic heterocycles. The maximum Gasteiger partial charge on any atom is 0.264 e. The minimum absolute atomic E-state index is 0.00844. The molecule has 1 unspecified atom stereocenters. The van der Waals surface area contributed by atoms with E-state index in [0.29, 0.717) is 20.6 Å². The van der Waals surface area contributed by atoms with Gasteiger partial charge in [0, 0.05) is 24.0 Å². The number of amides is 2. The molecule has 5 rings (SSSR count). The lowest BCUT2D eigenvalue weighted by Gasteiger charge is -2.34. The number of benzene rings is 4. The first kappa shape index (κ1) is 33.8. The maximum absolute atomic E-state index is 14.6. The molecule has 4 aromatic rings. The number of hydrogen-bond acceptors (Lipinski definition) is 4. The largest absolute Gasteiger partial charge is 0.352 e.